The normalized spacial score (nSPS) is 15.7. The van der Waals surface area contributed by atoms with Crippen LogP contribution in [0.3, 0.4) is 0 Å². The number of likely N-dealkylation sites (tertiary alicyclic amines) is 1. The molecule has 0 radical (unpaired) electrons. The van der Waals surface area contributed by atoms with Crippen molar-refractivity contribution in [3.63, 3.8) is 0 Å². The molecule has 3 aromatic carbocycles. The van der Waals surface area contributed by atoms with Gasteiger partial charge in [0, 0.05) is 24.6 Å². The van der Waals surface area contributed by atoms with E-state index in [-0.39, 0.29) is 48.6 Å². The molecule has 1 aliphatic rings. The second-order valence-electron chi connectivity index (χ2n) is 11.7. The molecule has 9 nitrogen and oxygen atoms in total. The van der Waals surface area contributed by atoms with E-state index in [0.29, 0.717) is 5.75 Å². The summed E-state index contributed by atoms with van der Waals surface area (Å²) in [5.41, 5.74) is 2.57. The van der Waals surface area contributed by atoms with Gasteiger partial charge in [-0.05, 0) is 61.8 Å². The van der Waals surface area contributed by atoms with Crippen LogP contribution in [0.4, 0.5) is 0 Å². The van der Waals surface area contributed by atoms with Crippen molar-refractivity contribution in [2.75, 3.05) is 34.5 Å². The van der Waals surface area contributed by atoms with Gasteiger partial charge in [0.05, 0.1) is 34.0 Å². The summed E-state index contributed by atoms with van der Waals surface area (Å²) in [5.74, 6) is -1.06. The van der Waals surface area contributed by atoms with Gasteiger partial charge in [-0.2, -0.15) is 0 Å². The third-order valence-electron chi connectivity index (χ3n) is 8.47. The number of amides is 2. The first-order chi connectivity index (χ1) is 22.9. The standard InChI is InChI=1S/C38H46N2O7/c1-5-22-47-31-25-32(40(26-31)38(43)35(41)29-23-33(44-2)36(46-4)34(24-29)45-3)37(42)39-30(20-12-18-27-14-8-6-9-15-27)21-13-19-28-16-10-7-11-17-28/h5-11,14-17,23-24,30-32H,1,12-13,18-22,25-26H2,2-4H3,(H,39,42)/t31-,32-/m0/s1. The molecule has 2 amide bonds. The van der Waals surface area contributed by atoms with E-state index in [9.17, 15) is 14.4 Å². The Morgan fingerprint density at radius 3 is 1.91 bits per heavy atom. The zero-order valence-electron chi connectivity index (χ0n) is 27.6. The van der Waals surface area contributed by atoms with Crippen LogP contribution in [0.1, 0.15) is 53.6 Å². The van der Waals surface area contributed by atoms with Crippen molar-refractivity contribution in [3.05, 3.63) is 102 Å². The highest BCUT2D eigenvalue weighted by molar-refractivity contribution is 6.43. The molecule has 250 valence electrons. The minimum absolute atomic E-state index is 0.0684. The molecule has 9 heteroatoms. The maximum atomic E-state index is 14.0. The minimum atomic E-state index is -0.867. The Balaban J connectivity index is 1.51. The molecule has 47 heavy (non-hydrogen) atoms. The van der Waals surface area contributed by atoms with E-state index in [4.69, 9.17) is 18.9 Å². The number of hydrogen-bond acceptors (Lipinski definition) is 7. The Hall–Kier alpha value is -4.63. The predicted octanol–water partition coefficient (Wildman–Crippen LogP) is 5.60. The number of hydrogen-bond donors (Lipinski definition) is 1. The van der Waals surface area contributed by atoms with Crippen molar-refractivity contribution in [1.29, 1.82) is 0 Å². The number of methoxy groups -OCH3 is 3. The third-order valence-corrected chi connectivity index (χ3v) is 8.47. The summed E-state index contributed by atoms with van der Waals surface area (Å²) >= 11 is 0. The number of ether oxygens (including phenoxy) is 4. The van der Waals surface area contributed by atoms with Crippen molar-refractivity contribution in [2.45, 2.75) is 63.1 Å². The molecule has 0 bridgehead atoms. The van der Waals surface area contributed by atoms with Crippen LogP contribution < -0.4 is 19.5 Å². The van der Waals surface area contributed by atoms with E-state index < -0.39 is 23.8 Å². The maximum Gasteiger partial charge on any atom is 0.295 e. The van der Waals surface area contributed by atoms with E-state index in [1.807, 2.05) is 36.4 Å². The molecule has 0 unspecified atom stereocenters. The fourth-order valence-corrected chi connectivity index (χ4v) is 6.04. The molecule has 1 fully saturated rings. The molecule has 1 saturated heterocycles. The monoisotopic (exact) mass is 642 g/mol. The first-order valence-electron chi connectivity index (χ1n) is 16.1. The summed E-state index contributed by atoms with van der Waals surface area (Å²) in [4.78, 5) is 42.7. The van der Waals surface area contributed by atoms with Crippen molar-refractivity contribution < 1.29 is 33.3 Å². The van der Waals surface area contributed by atoms with Crippen molar-refractivity contribution in [2.24, 2.45) is 0 Å². The zero-order valence-corrected chi connectivity index (χ0v) is 27.6. The van der Waals surface area contributed by atoms with Gasteiger partial charge in [-0.25, -0.2) is 0 Å². The fourth-order valence-electron chi connectivity index (χ4n) is 6.04. The van der Waals surface area contributed by atoms with E-state index >= 15 is 0 Å². The highest BCUT2D eigenvalue weighted by atomic mass is 16.5. The second-order valence-corrected chi connectivity index (χ2v) is 11.7. The molecule has 3 aromatic rings. The van der Waals surface area contributed by atoms with Gasteiger partial charge in [-0.15, -0.1) is 6.58 Å². The molecule has 0 spiro atoms. The summed E-state index contributed by atoms with van der Waals surface area (Å²) in [6, 6.07) is 22.5. The van der Waals surface area contributed by atoms with E-state index in [1.165, 1.54) is 49.5 Å². The van der Waals surface area contributed by atoms with Gasteiger partial charge in [-0.3, -0.25) is 14.4 Å². The van der Waals surface area contributed by atoms with Crippen molar-refractivity contribution in [1.82, 2.24) is 10.2 Å². The van der Waals surface area contributed by atoms with Gasteiger partial charge in [-0.1, -0.05) is 66.7 Å². The highest BCUT2D eigenvalue weighted by Gasteiger charge is 2.43. The molecule has 1 heterocycles. The Morgan fingerprint density at radius 2 is 1.43 bits per heavy atom. The molecule has 0 saturated carbocycles. The Morgan fingerprint density at radius 1 is 0.872 bits per heavy atom. The van der Waals surface area contributed by atoms with Gasteiger partial charge >= 0.3 is 0 Å². The van der Waals surface area contributed by atoms with Gasteiger partial charge in [0.1, 0.15) is 6.04 Å². The molecule has 4 rings (SSSR count). The van der Waals surface area contributed by atoms with Crippen LogP contribution in [0.2, 0.25) is 0 Å². The number of ketones is 1. The average Bonchev–Trinajstić information content (AvgIpc) is 3.54. The van der Waals surface area contributed by atoms with Crippen LogP contribution in [-0.4, -0.2) is 75.2 Å². The first kappa shape index (κ1) is 35.2. The number of benzene rings is 3. The lowest BCUT2D eigenvalue weighted by Crippen LogP contribution is -2.50. The summed E-state index contributed by atoms with van der Waals surface area (Å²) < 4.78 is 22.0. The number of carbonyl (C=O) groups excluding carboxylic acids is 3. The molecular formula is C38H46N2O7. The van der Waals surface area contributed by atoms with Gasteiger partial charge < -0.3 is 29.2 Å². The van der Waals surface area contributed by atoms with Gasteiger partial charge in [0.25, 0.3) is 11.7 Å². The van der Waals surface area contributed by atoms with Crippen molar-refractivity contribution >= 4 is 17.6 Å². The summed E-state index contributed by atoms with van der Waals surface area (Å²) in [7, 11) is 4.33. The molecule has 0 aliphatic carbocycles. The SMILES string of the molecule is C=CCO[C@H]1C[C@@H](C(=O)NC(CCCc2ccccc2)CCCc2ccccc2)N(C(=O)C(=O)c2cc(OC)c(OC)c(OC)c2)C1. The van der Waals surface area contributed by atoms with Crippen molar-refractivity contribution in [3.8, 4) is 17.2 Å². The molecule has 1 aliphatic heterocycles. The fraction of sp³-hybridized carbons (Fsp3) is 0.395. The average molecular weight is 643 g/mol. The van der Waals surface area contributed by atoms with Crippen LogP contribution in [0.25, 0.3) is 0 Å². The number of nitrogens with zero attached hydrogens (tertiary/aromatic N) is 1. The van der Waals surface area contributed by atoms with Crippen LogP contribution >= 0.6 is 0 Å². The number of nitrogens with one attached hydrogen (secondary N) is 1. The van der Waals surface area contributed by atoms with E-state index in [1.54, 1.807) is 6.08 Å². The molecular weight excluding hydrogens is 596 g/mol. The zero-order chi connectivity index (χ0) is 33.6. The van der Waals surface area contributed by atoms with Gasteiger partial charge in [0.15, 0.2) is 11.5 Å². The van der Waals surface area contributed by atoms with Crippen LogP contribution in [0.5, 0.6) is 17.2 Å². The number of rotatable bonds is 18. The largest absolute Gasteiger partial charge is 0.493 e. The summed E-state index contributed by atoms with van der Waals surface area (Å²) in [6.07, 6.45) is 6.66. The Bertz CT molecular complexity index is 1410. The topological polar surface area (TPSA) is 103 Å². The Kier molecular flexibility index (Phi) is 13.4. The molecule has 1 N–H and O–H groups in total. The third kappa shape index (κ3) is 9.68. The second kappa shape index (κ2) is 17.9. The lowest BCUT2D eigenvalue weighted by Gasteiger charge is -2.26. The molecule has 0 aromatic heterocycles. The maximum absolute atomic E-state index is 14.0. The number of Topliss-reactive ketones (excluding diaryl/α,β-unsaturated/α-hetero) is 1. The lowest BCUT2D eigenvalue weighted by atomic mass is 9.98. The van der Waals surface area contributed by atoms with Crippen LogP contribution in [0.15, 0.2) is 85.5 Å². The molecule has 2 atom stereocenters. The summed E-state index contributed by atoms with van der Waals surface area (Å²) in [6.45, 7) is 4.08. The van der Waals surface area contributed by atoms with Crippen LogP contribution in [0, 0.1) is 0 Å². The minimum Gasteiger partial charge on any atom is -0.493 e. The number of carbonyl (C=O) groups is 3. The first-order valence-corrected chi connectivity index (χ1v) is 16.1. The van der Waals surface area contributed by atoms with Gasteiger partial charge in [0.2, 0.25) is 11.7 Å². The van der Waals surface area contributed by atoms with Crippen LogP contribution in [-0.2, 0) is 27.2 Å². The lowest BCUT2D eigenvalue weighted by molar-refractivity contribution is -0.135. The quantitative estimate of drug-likeness (QED) is 0.110. The van der Waals surface area contributed by atoms with E-state index in [0.717, 1.165) is 38.5 Å². The van der Waals surface area contributed by atoms with E-state index in [2.05, 4.69) is 36.2 Å². The predicted molar refractivity (Wildman–Crippen MR) is 181 cm³/mol. The number of aryl methyl sites for hydroxylation is 2. The summed E-state index contributed by atoms with van der Waals surface area (Å²) in [5, 5.41) is 3.25. The smallest absolute Gasteiger partial charge is 0.295 e. The Labute approximate surface area is 277 Å². The highest BCUT2D eigenvalue weighted by Crippen LogP contribution is 2.38.